The van der Waals surface area contributed by atoms with Gasteiger partial charge < -0.3 is 19.5 Å². The molecule has 0 bridgehead atoms. The molecule has 0 aliphatic heterocycles. The Morgan fingerprint density at radius 1 is 0.571 bits per heavy atom. The van der Waals surface area contributed by atoms with Gasteiger partial charge in [-0.1, -0.05) is 96.3 Å². The molecule has 15 nitrogen and oxygen atoms in total. The summed E-state index contributed by atoms with van der Waals surface area (Å²) in [5.74, 6) is -3.37. The van der Waals surface area contributed by atoms with Crippen LogP contribution in [0.4, 0.5) is 11.4 Å². The number of hydrogen-bond acceptors (Lipinski definition) is 14. The SMILES string of the molecule is O=C(OCCC1CCCCC1)c1c(SOO[O-])c(C(=O)OCCC2CCCCC2)c([N+](=O)[O-])c(C(=O)OCCC2CCCCC2)c1[N+](=O)[O-]. The molecule has 3 fully saturated rings. The molecule has 0 aromatic heterocycles. The standard InChI is InChI=1S/C33H46N2O13S/c36-31(44-19-16-22-10-4-1-5-11-22)25-28(34(39)40)26(32(37)45-20-17-23-12-6-2-7-13-23)30(49-48-47-43)27(29(25)35(41)42)33(38)46-21-18-24-14-8-3-9-15-24/h22-24,43H,1-21H2/p-1. The second-order valence-corrected chi connectivity index (χ2v) is 13.9. The third-order valence-electron chi connectivity index (χ3n) is 9.98. The van der Waals surface area contributed by atoms with E-state index < -0.39 is 60.7 Å². The zero-order valence-electron chi connectivity index (χ0n) is 27.7. The third-order valence-corrected chi connectivity index (χ3v) is 10.7. The Labute approximate surface area is 289 Å². The van der Waals surface area contributed by atoms with Crippen molar-refractivity contribution in [1.29, 1.82) is 0 Å². The fourth-order valence-corrected chi connectivity index (χ4v) is 7.99. The lowest BCUT2D eigenvalue weighted by molar-refractivity contribution is -0.777. The quantitative estimate of drug-likeness (QED) is 0.0394. The van der Waals surface area contributed by atoms with Crippen molar-refractivity contribution in [2.45, 2.75) is 120 Å². The van der Waals surface area contributed by atoms with E-state index in [2.05, 4.69) is 9.37 Å². The molecule has 0 atom stereocenters. The van der Waals surface area contributed by atoms with Gasteiger partial charge >= 0.3 is 29.3 Å². The number of nitro groups is 2. The van der Waals surface area contributed by atoms with Crippen LogP contribution in [0.25, 0.3) is 0 Å². The van der Waals surface area contributed by atoms with E-state index in [0.717, 1.165) is 96.3 Å². The Hall–Kier alpha value is -3.34. The number of hydrogen-bond donors (Lipinski definition) is 0. The number of nitro benzene ring substituents is 2. The van der Waals surface area contributed by atoms with Gasteiger partial charge in [-0.2, -0.15) is 4.33 Å². The van der Waals surface area contributed by atoms with E-state index in [1.807, 2.05) is 0 Å². The smallest absolute Gasteiger partial charge is 0.352 e. The topological polar surface area (TPSA) is 207 Å². The monoisotopic (exact) mass is 709 g/mol. The molecule has 0 spiro atoms. The predicted molar refractivity (Wildman–Crippen MR) is 172 cm³/mol. The van der Waals surface area contributed by atoms with Crippen molar-refractivity contribution in [3.63, 3.8) is 0 Å². The molecule has 1 aromatic rings. The van der Waals surface area contributed by atoms with E-state index in [-0.39, 0.29) is 49.6 Å². The molecule has 49 heavy (non-hydrogen) atoms. The molecule has 0 unspecified atom stereocenters. The lowest BCUT2D eigenvalue weighted by atomic mass is 9.87. The van der Waals surface area contributed by atoms with Gasteiger partial charge in [0.05, 0.1) is 46.6 Å². The molecule has 4 rings (SSSR count). The van der Waals surface area contributed by atoms with E-state index in [0.29, 0.717) is 19.3 Å². The number of ether oxygens (including phenoxy) is 3. The summed E-state index contributed by atoms with van der Waals surface area (Å²) in [5.41, 5.74) is -5.80. The van der Waals surface area contributed by atoms with Gasteiger partial charge in [0, 0.05) is 0 Å². The molecule has 16 heteroatoms. The minimum absolute atomic E-state index is 0.124. The summed E-state index contributed by atoms with van der Waals surface area (Å²) in [6.07, 6.45) is 16.3. The molecule has 0 radical (unpaired) electrons. The summed E-state index contributed by atoms with van der Waals surface area (Å²) in [4.78, 5) is 63.1. The molecule has 1 aromatic carbocycles. The van der Waals surface area contributed by atoms with E-state index in [1.165, 1.54) is 0 Å². The molecule has 0 amide bonds. The van der Waals surface area contributed by atoms with Crippen LogP contribution in [0.3, 0.4) is 0 Å². The zero-order valence-corrected chi connectivity index (χ0v) is 28.5. The fourth-order valence-electron chi connectivity index (χ4n) is 7.37. The Balaban J connectivity index is 1.75. The molecule has 0 heterocycles. The first-order chi connectivity index (χ1) is 23.7. The fraction of sp³-hybridized carbons (Fsp3) is 0.727. The second-order valence-electron chi connectivity index (χ2n) is 13.2. The van der Waals surface area contributed by atoms with Crippen molar-refractivity contribution in [2.75, 3.05) is 19.8 Å². The lowest BCUT2D eigenvalue weighted by Gasteiger charge is -2.22. The first-order valence-corrected chi connectivity index (χ1v) is 18.1. The van der Waals surface area contributed by atoms with Crippen LogP contribution in [-0.4, -0.2) is 47.6 Å². The Bertz CT molecular complexity index is 1250. The van der Waals surface area contributed by atoms with Crippen molar-refractivity contribution in [1.82, 2.24) is 0 Å². The minimum atomic E-state index is -1.46. The largest absolute Gasteiger partial charge is 0.691 e. The molecule has 0 N–H and O–H groups in total. The number of benzene rings is 1. The number of carbonyl (C=O) groups excluding carboxylic acids is 3. The van der Waals surface area contributed by atoms with Crippen LogP contribution in [0.15, 0.2) is 4.90 Å². The highest BCUT2D eigenvalue weighted by atomic mass is 32.2. The van der Waals surface area contributed by atoms with Gasteiger partial charge in [0.15, 0.2) is 11.1 Å². The van der Waals surface area contributed by atoms with Crippen LogP contribution in [0, 0.1) is 38.0 Å². The highest BCUT2D eigenvalue weighted by Crippen LogP contribution is 2.45. The lowest BCUT2D eigenvalue weighted by Crippen LogP contribution is -2.23. The van der Waals surface area contributed by atoms with Gasteiger partial charge in [0.25, 0.3) is 0 Å². The summed E-state index contributed by atoms with van der Waals surface area (Å²) >= 11 is -0.124. The van der Waals surface area contributed by atoms with Gasteiger partial charge in [-0.25, -0.2) is 14.4 Å². The summed E-state index contributed by atoms with van der Waals surface area (Å²) in [7, 11) is 0. The van der Waals surface area contributed by atoms with Crippen molar-refractivity contribution in [3.05, 3.63) is 36.9 Å². The van der Waals surface area contributed by atoms with Gasteiger partial charge in [0.1, 0.15) is 0 Å². The average Bonchev–Trinajstić information content (AvgIpc) is 3.10. The maximum absolute atomic E-state index is 13.7. The Morgan fingerprint density at radius 3 is 1.20 bits per heavy atom. The third kappa shape index (κ3) is 10.8. The van der Waals surface area contributed by atoms with Crippen LogP contribution in [0.5, 0.6) is 0 Å². The van der Waals surface area contributed by atoms with Gasteiger partial charge in [-0.3, -0.25) is 25.3 Å². The summed E-state index contributed by atoms with van der Waals surface area (Å²) in [6.45, 7) is -0.490. The van der Waals surface area contributed by atoms with Crippen LogP contribution in [0.2, 0.25) is 0 Å². The molecule has 272 valence electrons. The number of esters is 3. The zero-order chi connectivity index (χ0) is 35.2. The van der Waals surface area contributed by atoms with Gasteiger partial charge in [0.2, 0.25) is 5.56 Å². The first kappa shape index (κ1) is 38.5. The van der Waals surface area contributed by atoms with E-state index in [1.54, 1.807) is 0 Å². The van der Waals surface area contributed by atoms with Gasteiger partial charge in [-0.15, -0.1) is 0 Å². The number of rotatable bonds is 17. The molecular weight excluding hydrogens is 664 g/mol. The second kappa shape index (κ2) is 19.7. The van der Waals surface area contributed by atoms with E-state index in [9.17, 15) is 39.9 Å². The van der Waals surface area contributed by atoms with Crippen LogP contribution in [-0.2, 0) is 23.6 Å². The normalized spacial score (nSPS) is 17.7. The highest BCUT2D eigenvalue weighted by molar-refractivity contribution is 7.94. The average molecular weight is 710 g/mol. The summed E-state index contributed by atoms with van der Waals surface area (Å²) < 4.78 is 20.6. The number of nitrogens with zero attached hydrogens (tertiary/aromatic N) is 2. The summed E-state index contributed by atoms with van der Waals surface area (Å²) in [5, 5.41) is 39.6. The maximum atomic E-state index is 13.7. The Morgan fingerprint density at radius 2 is 0.898 bits per heavy atom. The number of carbonyl (C=O) groups is 3. The minimum Gasteiger partial charge on any atom is -0.691 e. The van der Waals surface area contributed by atoms with E-state index >= 15 is 0 Å². The van der Waals surface area contributed by atoms with Crippen molar-refractivity contribution >= 4 is 41.3 Å². The van der Waals surface area contributed by atoms with E-state index in [4.69, 9.17) is 14.2 Å². The Kier molecular flexibility index (Phi) is 15.5. The van der Waals surface area contributed by atoms with Crippen molar-refractivity contribution < 1.29 is 53.1 Å². The first-order valence-electron chi connectivity index (χ1n) is 17.4. The van der Waals surface area contributed by atoms with Crippen LogP contribution in [0.1, 0.15) is 147 Å². The molecular formula is C33H45N2O13S-. The molecule has 0 saturated heterocycles. The van der Waals surface area contributed by atoms with Crippen LogP contribution >= 0.6 is 12.0 Å². The predicted octanol–water partition coefficient (Wildman–Crippen LogP) is 7.12. The van der Waals surface area contributed by atoms with Crippen LogP contribution < -0.4 is 5.26 Å². The van der Waals surface area contributed by atoms with Crippen molar-refractivity contribution in [2.24, 2.45) is 17.8 Å². The summed E-state index contributed by atoms with van der Waals surface area (Å²) in [6, 6.07) is 0. The highest BCUT2D eigenvalue weighted by Gasteiger charge is 2.47. The molecule has 3 aliphatic rings. The van der Waals surface area contributed by atoms with Crippen molar-refractivity contribution in [3.8, 4) is 0 Å². The van der Waals surface area contributed by atoms with Gasteiger partial charge in [-0.05, 0) is 37.0 Å². The maximum Gasteiger partial charge on any atom is 0.352 e. The molecule has 3 saturated carbocycles. The molecule has 3 aliphatic carbocycles.